The number of imide groups is 1. The highest BCUT2D eigenvalue weighted by atomic mass is 16.3. The fourth-order valence-corrected chi connectivity index (χ4v) is 4.06. The van der Waals surface area contributed by atoms with Crippen LogP contribution in [-0.4, -0.2) is 46.5 Å². The lowest BCUT2D eigenvalue weighted by atomic mass is 9.83. The smallest absolute Gasteiger partial charge is 0.322 e. The molecule has 7 heteroatoms. The maximum Gasteiger partial charge on any atom is 0.322 e. The summed E-state index contributed by atoms with van der Waals surface area (Å²) in [4.78, 5) is 37.7. The second-order valence-electron chi connectivity index (χ2n) is 8.52. The molecule has 7 nitrogen and oxygen atoms in total. The summed E-state index contributed by atoms with van der Waals surface area (Å²) < 4.78 is 0. The Labute approximate surface area is 186 Å². The van der Waals surface area contributed by atoms with Gasteiger partial charge in [0, 0.05) is 24.2 Å². The van der Waals surface area contributed by atoms with Gasteiger partial charge in [0.2, 0.25) is 5.91 Å². The fourth-order valence-electron chi connectivity index (χ4n) is 4.06. The molecule has 0 bridgehead atoms. The van der Waals surface area contributed by atoms with E-state index in [-0.39, 0.29) is 12.3 Å². The Balaban J connectivity index is 1.36. The summed E-state index contributed by atoms with van der Waals surface area (Å²) in [6.45, 7) is 2.28. The molecule has 164 valence electrons. The molecule has 2 aliphatic rings. The van der Waals surface area contributed by atoms with Gasteiger partial charge < -0.3 is 15.3 Å². The van der Waals surface area contributed by atoms with Crippen LogP contribution in [0.15, 0.2) is 54.6 Å². The van der Waals surface area contributed by atoms with Crippen LogP contribution in [0.1, 0.15) is 42.9 Å². The second kappa shape index (κ2) is 8.48. The molecule has 0 spiro atoms. The molecule has 0 aliphatic carbocycles. The normalized spacial score (nSPS) is 21.9. The van der Waals surface area contributed by atoms with Crippen LogP contribution in [0, 0.1) is 11.8 Å². The number of hydrogen-bond donors (Lipinski definition) is 3. The van der Waals surface area contributed by atoms with Gasteiger partial charge in [-0.05, 0) is 49.6 Å². The van der Waals surface area contributed by atoms with E-state index in [2.05, 4.69) is 22.5 Å². The highest BCUT2D eigenvalue weighted by Gasteiger charge is 2.45. The minimum atomic E-state index is -1.24. The molecule has 0 radical (unpaired) electrons. The van der Waals surface area contributed by atoms with E-state index in [1.54, 1.807) is 4.90 Å². The number of hydrogen-bond acceptors (Lipinski definition) is 4. The van der Waals surface area contributed by atoms with E-state index in [0.717, 1.165) is 16.7 Å². The zero-order chi connectivity index (χ0) is 22.8. The summed E-state index contributed by atoms with van der Waals surface area (Å²) in [5.41, 5.74) is 0.336. The van der Waals surface area contributed by atoms with E-state index in [0.29, 0.717) is 25.9 Å². The average Bonchev–Trinajstić information content (AvgIpc) is 3.04. The average molecular weight is 431 g/mol. The van der Waals surface area contributed by atoms with Crippen LogP contribution in [-0.2, 0) is 15.2 Å². The van der Waals surface area contributed by atoms with Crippen LogP contribution in [0.2, 0.25) is 0 Å². The number of urea groups is 1. The number of amides is 4. The van der Waals surface area contributed by atoms with Crippen molar-refractivity contribution < 1.29 is 19.5 Å². The molecule has 2 aromatic carbocycles. The maximum absolute atomic E-state index is 12.7. The SMILES string of the molecule is CC1(CC(=O)N2CCC(O)(c3ccc(C#Cc4ccccc4)cc3)CC2)NC(=O)NC1=O. The summed E-state index contributed by atoms with van der Waals surface area (Å²) in [5, 5.41) is 15.8. The Kier molecular flexibility index (Phi) is 5.72. The topological polar surface area (TPSA) is 98.7 Å². The van der Waals surface area contributed by atoms with Gasteiger partial charge >= 0.3 is 6.03 Å². The predicted molar refractivity (Wildman–Crippen MR) is 118 cm³/mol. The number of benzene rings is 2. The fraction of sp³-hybridized carbons (Fsp3) is 0.320. The first kappa shape index (κ1) is 21.6. The number of carbonyl (C=O) groups excluding carboxylic acids is 3. The Bertz CT molecular complexity index is 1090. The van der Waals surface area contributed by atoms with Crippen molar-refractivity contribution in [2.75, 3.05) is 13.1 Å². The maximum atomic E-state index is 12.7. The van der Waals surface area contributed by atoms with E-state index >= 15 is 0 Å². The largest absolute Gasteiger partial charge is 0.385 e. The van der Waals surface area contributed by atoms with Crippen molar-refractivity contribution in [2.24, 2.45) is 0 Å². The molecule has 4 rings (SSSR count). The van der Waals surface area contributed by atoms with Gasteiger partial charge in [0.15, 0.2) is 0 Å². The molecule has 0 saturated carbocycles. The number of aliphatic hydroxyl groups is 1. The second-order valence-corrected chi connectivity index (χ2v) is 8.52. The van der Waals surface area contributed by atoms with Crippen LogP contribution in [0.5, 0.6) is 0 Å². The van der Waals surface area contributed by atoms with Gasteiger partial charge in [-0.15, -0.1) is 0 Å². The van der Waals surface area contributed by atoms with Gasteiger partial charge in [-0.2, -0.15) is 0 Å². The first-order chi connectivity index (χ1) is 15.3. The zero-order valence-electron chi connectivity index (χ0n) is 17.9. The lowest BCUT2D eigenvalue weighted by Gasteiger charge is -2.39. The van der Waals surface area contributed by atoms with Crippen molar-refractivity contribution in [2.45, 2.75) is 37.3 Å². The number of rotatable bonds is 3. The molecule has 2 heterocycles. The van der Waals surface area contributed by atoms with Gasteiger partial charge in [-0.25, -0.2) is 4.79 Å². The van der Waals surface area contributed by atoms with Crippen LogP contribution in [0.4, 0.5) is 4.79 Å². The molecule has 2 fully saturated rings. The molecule has 4 amide bonds. The monoisotopic (exact) mass is 431 g/mol. The molecule has 0 aromatic heterocycles. The zero-order valence-corrected chi connectivity index (χ0v) is 17.9. The molecule has 1 atom stereocenters. The Hall–Kier alpha value is -3.63. The molecule has 2 aromatic rings. The summed E-state index contributed by atoms with van der Waals surface area (Å²) in [7, 11) is 0. The molecular formula is C25H25N3O4. The molecule has 3 N–H and O–H groups in total. The molecule has 1 unspecified atom stereocenters. The van der Waals surface area contributed by atoms with Crippen molar-refractivity contribution in [3.63, 3.8) is 0 Å². The molecule has 2 saturated heterocycles. The number of carbonyl (C=O) groups is 3. The summed E-state index contributed by atoms with van der Waals surface area (Å²) in [6, 6.07) is 16.7. The summed E-state index contributed by atoms with van der Waals surface area (Å²) >= 11 is 0. The Morgan fingerprint density at radius 1 is 1.00 bits per heavy atom. The van der Waals surface area contributed by atoms with Crippen molar-refractivity contribution >= 4 is 17.8 Å². The quantitative estimate of drug-likeness (QED) is 0.511. The lowest BCUT2D eigenvalue weighted by Crippen LogP contribution is -2.51. The highest BCUT2D eigenvalue weighted by Crippen LogP contribution is 2.33. The van der Waals surface area contributed by atoms with Crippen molar-refractivity contribution in [1.29, 1.82) is 0 Å². The Morgan fingerprint density at radius 3 is 2.16 bits per heavy atom. The van der Waals surface area contributed by atoms with Crippen LogP contribution < -0.4 is 10.6 Å². The number of likely N-dealkylation sites (tertiary alicyclic amines) is 1. The minimum absolute atomic E-state index is 0.113. The van der Waals surface area contributed by atoms with Crippen molar-refractivity contribution in [3.05, 3.63) is 71.3 Å². The van der Waals surface area contributed by atoms with Gasteiger partial charge in [-0.1, -0.05) is 42.2 Å². The molecular weight excluding hydrogens is 406 g/mol. The van der Waals surface area contributed by atoms with Crippen LogP contribution in [0.25, 0.3) is 0 Å². The van der Waals surface area contributed by atoms with Crippen LogP contribution >= 0.6 is 0 Å². The van der Waals surface area contributed by atoms with E-state index in [1.807, 2.05) is 54.6 Å². The number of nitrogens with zero attached hydrogens (tertiary/aromatic N) is 1. The van der Waals surface area contributed by atoms with Gasteiger partial charge in [0.05, 0.1) is 12.0 Å². The van der Waals surface area contributed by atoms with Gasteiger partial charge in [-0.3, -0.25) is 14.9 Å². The van der Waals surface area contributed by atoms with E-state index in [9.17, 15) is 19.5 Å². The van der Waals surface area contributed by atoms with E-state index < -0.39 is 23.1 Å². The molecule has 2 aliphatic heterocycles. The van der Waals surface area contributed by atoms with Gasteiger partial charge in [0.25, 0.3) is 5.91 Å². The van der Waals surface area contributed by atoms with Crippen molar-refractivity contribution in [1.82, 2.24) is 15.5 Å². The predicted octanol–water partition coefficient (Wildman–Crippen LogP) is 1.88. The van der Waals surface area contributed by atoms with E-state index in [1.165, 1.54) is 6.92 Å². The molecule has 32 heavy (non-hydrogen) atoms. The third-order valence-electron chi connectivity index (χ3n) is 6.11. The summed E-state index contributed by atoms with van der Waals surface area (Å²) in [6.07, 6.45) is 0.671. The number of nitrogens with one attached hydrogen (secondary N) is 2. The van der Waals surface area contributed by atoms with E-state index in [4.69, 9.17) is 0 Å². The standard InChI is InChI=1S/C25H25N3O4/c1-24(22(30)26-23(31)27-24)17-21(29)28-15-13-25(32,14-16-28)20-11-9-19(10-12-20)8-7-18-5-3-2-4-6-18/h2-6,9-12,32H,13-17H2,1H3,(H2,26,27,30,31). The number of piperidine rings is 1. The van der Waals surface area contributed by atoms with Gasteiger partial charge in [0.1, 0.15) is 5.54 Å². The lowest BCUT2D eigenvalue weighted by molar-refractivity contribution is -0.139. The third-order valence-corrected chi connectivity index (χ3v) is 6.11. The summed E-state index contributed by atoms with van der Waals surface area (Å²) in [5.74, 6) is 5.51. The first-order valence-corrected chi connectivity index (χ1v) is 10.6. The minimum Gasteiger partial charge on any atom is -0.385 e. The third kappa shape index (κ3) is 4.51. The first-order valence-electron chi connectivity index (χ1n) is 10.6. The van der Waals surface area contributed by atoms with Crippen molar-refractivity contribution in [3.8, 4) is 11.8 Å². The Morgan fingerprint density at radius 2 is 1.59 bits per heavy atom. The highest BCUT2D eigenvalue weighted by molar-refractivity contribution is 6.08. The van der Waals surface area contributed by atoms with Crippen LogP contribution in [0.3, 0.4) is 0 Å².